The van der Waals surface area contributed by atoms with Gasteiger partial charge in [-0.25, -0.2) is 0 Å². The van der Waals surface area contributed by atoms with E-state index in [0.29, 0.717) is 25.7 Å². The molecule has 0 heterocycles. The Morgan fingerprint density at radius 3 is 2.17 bits per heavy atom. The Bertz CT molecular complexity index is 657. The van der Waals surface area contributed by atoms with Crippen LogP contribution in [0.2, 0.25) is 0 Å². The molecule has 2 fully saturated rings. The predicted molar refractivity (Wildman–Crippen MR) is 92.3 cm³/mol. The van der Waals surface area contributed by atoms with Crippen LogP contribution in [-0.2, 0) is 22.7 Å². The van der Waals surface area contributed by atoms with Crippen LogP contribution < -0.4 is 0 Å². The van der Waals surface area contributed by atoms with E-state index in [2.05, 4.69) is 24.3 Å². The van der Waals surface area contributed by atoms with Gasteiger partial charge in [0.15, 0.2) is 0 Å². The van der Waals surface area contributed by atoms with E-state index in [9.17, 15) is 5.11 Å². The summed E-state index contributed by atoms with van der Waals surface area (Å²) in [6.45, 7) is 1.89. The van der Waals surface area contributed by atoms with E-state index >= 15 is 0 Å². The lowest BCUT2D eigenvalue weighted by atomic mass is 10.0. The molecule has 2 aromatic carbocycles. The maximum absolute atomic E-state index is 10.3. The van der Waals surface area contributed by atoms with Crippen LogP contribution in [0.25, 0.3) is 0 Å². The Labute approximate surface area is 143 Å². The first-order chi connectivity index (χ1) is 11.8. The van der Waals surface area contributed by atoms with Crippen molar-refractivity contribution in [3.05, 3.63) is 71.8 Å². The van der Waals surface area contributed by atoms with Crippen molar-refractivity contribution in [2.75, 3.05) is 6.61 Å². The van der Waals surface area contributed by atoms with E-state index in [4.69, 9.17) is 9.47 Å². The Hall–Kier alpha value is -1.68. The summed E-state index contributed by atoms with van der Waals surface area (Å²) < 4.78 is 12.2. The number of hydrogen-bond donors (Lipinski definition) is 1. The lowest BCUT2D eigenvalue weighted by molar-refractivity contribution is -0.0418. The quantitative estimate of drug-likeness (QED) is 0.846. The zero-order chi connectivity index (χ0) is 16.4. The highest BCUT2D eigenvalue weighted by Gasteiger charge is 2.67. The maximum atomic E-state index is 10.3. The maximum Gasteiger partial charge on any atom is 0.0720 e. The van der Waals surface area contributed by atoms with Gasteiger partial charge in [0.25, 0.3) is 0 Å². The zero-order valence-electron chi connectivity index (χ0n) is 13.8. The van der Waals surface area contributed by atoms with Gasteiger partial charge in [-0.15, -0.1) is 0 Å². The van der Waals surface area contributed by atoms with Gasteiger partial charge in [0, 0.05) is 11.8 Å². The molecule has 0 amide bonds. The zero-order valence-corrected chi connectivity index (χ0v) is 13.8. The highest BCUT2D eigenvalue weighted by Crippen LogP contribution is 2.64. The first kappa shape index (κ1) is 15.8. The normalized spacial score (nSPS) is 31.0. The van der Waals surface area contributed by atoms with Crippen molar-refractivity contribution in [3.63, 3.8) is 0 Å². The summed E-state index contributed by atoms with van der Waals surface area (Å²) >= 11 is 0. The molecule has 126 valence electrons. The predicted octanol–water partition coefficient (Wildman–Crippen LogP) is 3.56. The lowest BCUT2D eigenvalue weighted by Crippen LogP contribution is -2.27. The van der Waals surface area contributed by atoms with Crippen LogP contribution >= 0.6 is 0 Å². The standard InChI is InChI=1S/C21H24O3/c22-19-11-20(24-14-17-9-5-2-6-10-17)21(12-18(19)21)15-23-13-16-7-3-1-4-8-16/h1-10,18-20,22H,11-15H2/t18-,19-,20+,21-/m1/s1. The second-order valence-electron chi connectivity index (χ2n) is 7.11. The number of ether oxygens (including phenoxy) is 2. The third-order valence-corrected chi connectivity index (χ3v) is 5.52. The Kier molecular flexibility index (Phi) is 4.40. The van der Waals surface area contributed by atoms with E-state index in [1.807, 2.05) is 36.4 Å². The lowest BCUT2D eigenvalue weighted by Gasteiger charge is -2.24. The van der Waals surface area contributed by atoms with Crippen molar-refractivity contribution in [1.82, 2.24) is 0 Å². The van der Waals surface area contributed by atoms with E-state index in [1.165, 1.54) is 11.1 Å². The molecule has 0 aromatic heterocycles. The molecule has 0 aliphatic heterocycles. The van der Waals surface area contributed by atoms with E-state index < -0.39 is 0 Å². The largest absolute Gasteiger partial charge is 0.393 e. The minimum absolute atomic E-state index is 0.0168. The molecule has 2 aliphatic rings. The minimum Gasteiger partial charge on any atom is -0.393 e. The van der Waals surface area contributed by atoms with Crippen molar-refractivity contribution in [3.8, 4) is 0 Å². The topological polar surface area (TPSA) is 38.7 Å². The fourth-order valence-electron chi connectivity index (χ4n) is 4.06. The third kappa shape index (κ3) is 3.12. The number of fused-ring (bicyclic) bond motifs is 1. The van der Waals surface area contributed by atoms with Crippen LogP contribution in [0.15, 0.2) is 60.7 Å². The Morgan fingerprint density at radius 1 is 0.917 bits per heavy atom. The number of aliphatic hydroxyl groups excluding tert-OH is 1. The molecule has 24 heavy (non-hydrogen) atoms. The molecule has 4 rings (SSSR count). The number of benzene rings is 2. The van der Waals surface area contributed by atoms with Gasteiger partial charge in [0.1, 0.15) is 0 Å². The van der Waals surface area contributed by atoms with Crippen LogP contribution in [0.5, 0.6) is 0 Å². The molecule has 0 saturated heterocycles. The molecule has 2 aromatic rings. The number of hydrogen-bond acceptors (Lipinski definition) is 3. The molecule has 0 unspecified atom stereocenters. The highest BCUT2D eigenvalue weighted by atomic mass is 16.5. The summed E-state index contributed by atoms with van der Waals surface area (Å²) in [5.74, 6) is 0.342. The van der Waals surface area contributed by atoms with Crippen LogP contribution in [0.3, 0.4) is 0 Å². The molecular weight excluding hydrogens is 300 g/mol. The second-order valence-corrected chi connectivity index (χ2v) is 7.11. The summed E-state index contributed by atoms with van der Waals surface area (Å²) in [7, 11) is 0. The molecule has 3 heteroatoms. The average molecular weight is 324 g/mol. The van der Waals surface area contributed by atoms with E-state index in [-0.39, 0.29) is 17.6 Å². The van der Waals surface area contributed by atoms with Gasteiger partial charge < -0.3 is 14.6 Å². The summed E-state index contributed by atoms with van der Waals surface area (Å²) in [6.07, 6.45) is 1.59. The average Bonchev–Trinajstić information content (AvgIpc) is 3.30. The summed E-state index contributed by atoms with van der Waals surface area (Å²) in [4.78, 5) is 0. The van der Waals surface area contributed by atoms with Gasteiger partial charge >= 0.3 is 0 Å². The second kappa shape index (κ2) is 6.67. The molecule has 0 bridgehead atoms. The van der Waals surface area contributed by atoms with E-state index in [0.717, 1.165) is 12.8 Å². The van der Waals surface area contributed by atoms with Gasteiger partial charge in [-0.05, 0) is 23.5 Å². The summed E-state index contributed by atoms with van der Waals surface area (Å²) in [5, 5.41) is 10.3. The van der Waals surface area contributed by atoms with Crippen molar-refractivity contribution in [2.24, 2.45) is 11.3 Å². The van der Waals surface area contributed by atoms with Crippen molar-refractivity contribution >= 4 is 0 Å². The Morgan fingerprint density at radius 2 is 1.54 bits per heavy atom. The minimum atomic E-state index is -0.244. The summed E-state index contributed by atoms with van der Waals surface area (Å²) in [5.41, 5.74) is 2.38. The van der Waals surface area contributed by atoms with Gasteiger partial charge in [-0.3, -0.25) is 0 Å². The molecule has 0 radical (unpaired) electrons. The highest BCUT2D eigenvalue weighted by molar-refractivity contribution is 5.18. The van der Waals surface area contributed by atoms with Gasteiger partial charge in [0.05, 0.1) is 32.0 Å². The van der Waals surface area contributed by atoms with Crippen LogP contribution in [0.1, 0.15) is 24.0 Å². The summed E-state index contributed by atoms with van der Waals surface area (Å²) in [6, 6.07) is 20.5. The molecule has 4 atom stereocenters. The molecule has 0 spiro atoms. The van der Waals surface area contributed by atoms with Crippen LogP contribution in [0.4, 0.5) is 0 Å². The molecular formula is C21H24O3. The monoisotopic (exact) mass is 324 g/mol. The Balaban J connectivity index is 1.34. The van der Waals surface area contributed by atoms with Gasteiger partial charge in [-0.1, -0.05) is 60.7 Å². The number of rotatable bonds is 7. The van der Waals surface area contributed by atoms with Crippen molar-refractivity contribution < 1.29 is 14.6 Å². The number of aliphatic hydroxyl groups is 1. The fourth-order valence-corrected chi connectivity index (χ4v) is 4.06. The van der Waals surface area contributed by atoms with Gasteiger partial charge in [-0.2, -0.15) is 0 Å². The van der Waals surface area contributed by atoms with Crippen molar-refractivity contribution in [1.29, 1.82) is 0 Å². The van der Waals surface area contributed by atoms with Crippen LogP contribution in [-0.4, -0.2) is 23.9 Å². The van der Waals surface area contributed by atoms with E-state index in [1.54, 1.807) is 0 Å². The molecule has 1 N–H and O–H groups in total. The van der Waals surface area contributed by atoms with Gasteiger partial charge in [0.2, 0.25) is 0 Å². The first-order valence-corrected chi connectivity index (χ1v) is 8.73. The fraction of sp³-hybridized carbons (Fsp3) is 0.429. The SMILES string of the molecule is O[C@@H]1C[C@H](OCc2ccccc2)[C@@]2(COCc3ccccc3)C[C@H]12. The third-order valence-electron chi connectivity index (χ3n) is 5.52. The molecule has 2 saturated carbocycles. The van der Waals surface area contributed by atoms with Crippen molar-refractivity contribution in [2.45, 2.75) is 38.3 Å². The van der Waals surface area contributed by atoms with Crippen LogP contribution in [0, 0.1) is 11.3 Å². The smallest absolute Gasteiger partial charge is 0.0720 e. The first-order valence-electron chi connectivity index (χ1n) is 8.73. The molecule has 3 nitrogen and oxygen atoms in total. The molecule has 2 aliphatic carbocycles.